The van der Waals surface area contributed by atoms with E-state index < -0.39 is 21.5 Å². The number of sulfonamides is 1. The molecule has 0 amide bonds. The van der Waals surface area contributed by atoms with Crippen molar-refractivity contribution < 1.29 is 18.3 Å². The highest BCUT2D eigenvalue weighted by molar-refractivity contribution is 7.90. The number of aliphatic carboxylic acids is 1. The molecule has 8 heteroatoms. The standard InChI is InChI=1S/C14H16ClNO4S2/c1-14(2,6-5-13(17)18)16-22(19,20)12-8-21-11-4-3-9(15)7-10(11)12/h3-4,7-8,16H,5-6H2,1-2H3,(H,17,18). The molecular weight excluding hydrogens is 346 g/mol. The Morgan fingerprint density at radius 2 is 2.09 bits per heavy atom. The molecule has 0 fully saturated rings. The molecule has 0 saturated heterocycles. The van der Waals surface area contributed by atoms with Crippen LogP contribution in [0.4, 0.5) is 0 Å². The van der Waals surface area contributed by atoms with Gasteiger partial charge >= 0.3 is 5.97 Å². The lowest BCUT2D eigenvalue weighted by Gasteiger charge is -2.25. The minimum absolute atomic E-state index is 0.105. The molecule has 2 rings (SSSR count). The number of benzene rings is 1. The summed E-state index contributed by atoms with van der Waals surface area (Å²) in [6.45, 7) is 3.32. The first-order valence-corrected chi connectivity index (χ1v) is 9.27. The van der Waals surface area contributed by atoms with E-state index in [-0.39, 0.29) is 17.7 Å². The van der Waals surface area contributed by atoms with Crippen molar-refractivity contribution >= 4 is 49.0 Å². The van der Waals surface area contributed by atoms with Crippen molar-refractivity contribution in [3.05, 3.63) is 28.6 Å². The van der Waals surface area contributed by atoms with Crippen LogP contribution >= 0.6 is 22.9 Å². The van der Waals surface area contributed by atoms with Crippen LogP contribution in [-0.4, -0.2) is 25.0 Å². The van der Waals surface area contributed by atoms with Crippen molar-refractivity contribution in [3.8, 4) is 0 Å². The van der Waals surface area contributed by atoms with Crippen LogP contribution < -0.4 is 4.72 Å². The molecule has 1 aromatic carbocycles. The van der Waals surface area contributed by atoms with Gasteiger partial charge in [-0.1, -0.05) is 11.6 Å². The molecule has 22 heavy (non-hydrogen) atoms. The third-order valence-electron chi connectivity index (χ3n) is 3.16. The Morgan fingerprint density at radius 3 is 2.73 bits per heavy atom. The second-order valence-corrected chi connectivity index (χ2v) is 8.62. The average Bonchev–Trinajstić information content (AvgIpc) is 2.79. The van der Waals surface area contributed by atoms with E-state index in [1.807, 2.05) is 0 Å². The summed E-state index contributed by atoms with van der Waals surface area (Å²) >= 11 is 7.26. The zero-order valence-electron chi connectivity index (χ0n) is 12.1. The van der Waals surface area contributed by atoms with Gasteiger partial charge < -0.3 is 5.11 Å². The Morgan fingerprint density at radius 1 is 1.41 bits per heavy atom. The minimum atomic E-state index is -3.76. The van der Waals surface area contributed by atoms with Gasteiger partial charge in [0.05, 0.1) is 0 Å². The molecule has 1 heterocycles. The molecular formula is C14H16ClNO4S2. The maximum absolute atomic E-state index is 12.6. The minimum Gasteiger partial charge on any atom is -0.481 e. The molecule has 0 bridgehead atoms. The number of thiophene rings is 1. The normalized spacial score (nSPS) is 12.7. The molecule has 2 N–H and O–H groups in total. The van der Waals surface area contributed by atoms with E-state index in [9.17, 15) is 13.2 Å². The molecule has 0 aliphatic rings. The van der Waals surface area contributed by atoms with E-state index in [4.69, 9.17) is 16.7 Å². The highest BCUT2D eigenvalue weighted by atomic mass is 35.5. The predicted molar refractivity (Wildman–Crippen MR) is 88.1 cm³/mol. The number of fused-ring (bicyclic) bond motifs is 1. The summed E-state index contributed by atoms with van der Waals surface area (Å²) in [5, 5.41) is 11.3. The van der Waals surface area contributed by atoms with Gasteiger partial charge in [0.25, 0.3) is 0 Å². The zero-order chi connectivity index (χ0) is 16.5. The first-order chi connectivity index (χ1) is 10.1. The molecule has 0 saturated carbocycles. The monoisotopic (exact) mass is 361 g/mol. The quantitative estimate of drug-likeness (QED) is 0.825. The highest BCUT2D eigenvalue weighted by Crippen LogP contribution is 2.32. The van der Waals surface area contributed by atoms with Crippen LogP contribution in [0.25, 0.3) is 10.1 Å². The Hall–Kier alpha value is -1.15. The van der Waals surface area contributed by atoms with Crippen molar-refractivity contribution in [2.24, 2.45) is 0 Å². The number of carboxylic acid groups (broad SMARTS) is 1. The third kappa shape index (κ3) is 3.98. The largest absolute Gasteiger partial charge is 0.481 e. The fourth-order valence-corrected chi connectivity index (χ4v) is 5.16. The van der Waals surface area contributed by atoms with E-state index in [0.29, 0.717) is 10.4 Å². The molecule has 0 spiro atoms. The van der Waals surface area contributed by atoms with Crippen LogP contribution in [-0.2, 0) is 14.8 Å². The fourth-order valence-electron chi connectivity index (χ4n) is 2.08. The maximum atomic E-state index is 12.6. The van der Waals surface area contributed by atoms with Crippen LogP contribution in [0.5, 0.6) is 0 Å². The van der Waals surface area contributed by atoms with Gasteiger partial charge in [0.1, 0.15) is 4.90 Å². The van der Waals surface area contributed by atoms with Gasteiger partial charge in [-0.3, -0.25) is 4.79 Å². The lowest BCUT2D eigenvalue weighted by atomic mass is 10.0. The summed E-state index contributed by atoms with van der Waals surface area (Å²) in [7, 11) is -3.76. The summed E-state index contributed by atoms with van der Waals surface area (Å²) < 4.78 is 28.6. The fraction of sp³-hybridized carbons (Fsp3) is 0.357. The molecule has 0 unspecified atom stereocenters. The zero-order valence-corrected chi connectivity index (χ0v) is 14.5. The molecule has 0 aliphatic heterocycles. The summed E-state index contributed by atoms with van der Waals surface area (Å²) in [5.74, 6) is -0.958. The van der Waals surface area contributed by atoms with Crippen molar-refractivity contribution in [1.82, 2.24) is 4.72 Å². The number of rotatable bonds is 6. The topological polar surface area (TPSA) is 83.5 Å². The highest BCUT2D eigenvalue weighted by Gasteiger charge is 2.28. The van der Waals surface area contributed by atoms with Crippen LogP contribution in [0, 0.1) is 0 Å². The summed E-state index contributed by atoms with van der Waals surface area (Å²) in [5.41, 5.74) is -0.857. The van der Waals surface area contributed by atoms with Gasteiger partial charge in [0, 0.05) is 32.4 Å². The van der Waals surface area contributed by atoms with Crippen LogP contribution in [0.1, 0.15) is 26.7 Å². The number of carboxylic acids is 1. The molecule has 5 nitrogen and oxygen atoms in total. The average molecular weight is 362 g/mol. The van der Waals surface area contributed by atoms with Crippen molar-refractivity contribution in [2.45, 2.75) is 37.1 Å². The second kappa shape index (κ2) is 6.16. The molecule has 2 aromatic rings. The number of halogens is 1. The lowest BCUT2D eigenvalue weighted by molar-refractivity contribution is -0.137. The van der Waals surface area contributed by atoms with E-state index in [1.54, 1.807) is 37.4 Å². The van der Waals surface area contributed by atoms with Gasteiger partial charge in [0.2, 0.25) is 10.0 Å². The van der Waals surface area contributed by atoms with Crippen LogP contribution in [0.2, 0.25) is 5.02 Å². The van der Waals surface area contributed by atoms with Crippen molar-refractivity contribution in [2.75, 3.05) is 0 Å². The number of nitrogens with one attached hydrogen (secondary N) is 1. The Balaban J connectivity index is 2.33. The van der Waals surface area contributed by atoms with E-state index >= 15 is 0 Å². The lowest BCUT2D eigenvalue weighted by Crippen LogP contribution is -2.43. The van der Waals surface area contributed by atoms with Crippen LogP contribution in [0.15, 0.2) is 28.5 Å². The number of carbonyl (C=O) groups is 1. The molecule has 1 aromatic heterocycles. The summed E-state index contributed by atoms with van der Waals surface area (Å²) in [6, 6.07) is 5.10. The third-order valence-corrected chi connectivity index (χ3v) is 6.25. The SMILES string of the molecule is CC(C)(CCC(=O)O)NS(=O)(=O)c1csc2ccc(Cl)cc12. The van der Waals surface area contributed by atoms with E-state index in [2.05, 4.69) is 4.72 Å². The van der Waals surface area contributed by atoms with Gasteiger partial charge in [-0.05, 0) is 38.5 Å². The van der Waals surface area contributed by atoms with Crippen molar-refractivity contribution in [3.63, 3.8) is 0 Å². The maximum Gasteiger partial charge on any atom is 0.303 e. The Bertz CT molecular complexity index is 811. The first kappa shape index (κ1) is 17.2. The van der Waals surface area contributed by atoms with Crippen molar-refractivity contribution in [1.29, 1.82) is 0 Å². The van der Waals surface area contributed by atoms with Gasteiger partial charge in [-0.25, -0.2) is 13.1 Å². The van der Waals surface area contributed by atoms with Gasteiger partial charge in [-0.15, -0.1) is 11.3 Å². The van der Waals surface area contributed by atoms with E-state index in [1.165, 1.54) is 11.3 Å². The molecule has 0 radical (unpaired) electrons. The smallest absolute Gasteiger partial charge is 0.303 e. The molecule has 0 atom stereocenters. The Labute approximate surface area is 138 Å². The summed E-state index contributed by atoms with van der Waals surface area (Å²) in [4.78, 5) is 10.8. The number of hydrogen-bond acceptors (Lipinski definition) is 4. The Kier molecular flexibility index (Phi) is 4.81. The van der Waals surface area contributed by atoms with Gasteiger partial charge in [0.15, 0.2) is 0 Å². The molecule has 120 valence electrons. The predicted octanol–water partition coefficient (Wildman–Crippen LogP) is 3.48. The summed E-state index contributed by atoms with van der Waals surface area (Å²) in [6.07, 6.45) is 0.0934. The van der Waals surface area contributed by atoms with Gasteiger partial charge in [-0.2, -0.15) is 0 Å². The van der Waals surface area contributed by atoms with E-state index in [0.717, 1.165) is 4.70 Å². The second-order valence-electron chi connectivity index (χ2n) is 5.62. The first-order valence-electron chi connectivity index (χ1n) is 6.53. The van der Waals surface area contributed by atoms with Crippen LogP contribution in [0.3, 0.4) is 0 Å². The molecule has 0 aliphatic carbocycles. The number of hydrogen-bond donors (Lipinski definition) is 2.